The number of ether oxygens (including phenoxy) is 2. The molecule has 0 aromatic heterocycles. The van der Waals surface area contributed by atoms with Gasteiger partial charge in [-0.25, -0.2) is 22.4 Å². The molecule has 1 aliphatic rings. The van der Waals surface area contributed by atoms with Crippen LogP contribution >= 0.6 is 0 Å². The first-order valence-electron chi connectivity index (χ1n) is 16.0. The SMILES string of the molecule is C[C@H]1O[C@H](CCc2c(F)cccc2NC(=O)[C@@H](N)C(c2ccc(F)cc2)c2ccc(F)cc2)CN[C@@H]1COC(=O)NCc1ccc(F)cc1. The van der Waals surface area contributed by atoms with Gasteiger partial charge in [-0.15, -0.1) is 0 Å². The van der Waals surface area contributed by atoms with Crippen LogP contribution in [0.1, 0.15) is 41.5 Å². The van der Waals surface area contributed by atoms with E-state index in [-0.39, 0.29) is 54.9 Å². The molecule has 0 unspecified atom stereocenters. The fourth-order valence-corrected chi connectivity index (χ4v) is 5.80. The molecular weight excluding hydrogens is 640 g/mol. The second-order valence-electron chi connectivity index (χ2n) is 12.0. The number of nitrogens with two attached hydrogens (primary N) is 1. The van der Waals surface area contributed by atoms with Gasteiger partial charge in [0.25, 0.3) is 0 Å². The minimum atomic E-state index is -1.18. The molecule has 2 amide bonds. The smallest absolute Gasteiger partial charge is 0.407 e. The number of nitrogens with one attached hydrogen (secondary N) is 3. The van der Waals surface area contributed by atoms with E-state index in [2.05, 4.69) is 16.0 Å². The quantitative estimate of drug-likeness (QED) is 0.138. The molecule has 49 heavy (non-hydrogen) atoms. The number of hydrogen-bond donors (Lipinski definition) is 4. The second-order valence-corrected chi connectivity index (χ2v) is 12.0. The van der Waals surface area contributed by atoms with Gasteiger partial charge in [0.1, 0.15) is 29.9 Å². The van der Waals surface area contributed by atoms with Crippen molar-refractivity contribution in [1.29, 1.82) is 0 Å². The topological polar surface area (TPSA) is 115 Å². The minimum absolute atomic E-state index is 0.0593. The minimum Gasteiger partial charge on any atom is -0.448 e. The van der Waals surface area contributed by atoms with Crippen LogP contribution in [0.15, 0.2) is 91.0 Å². The third-order valence-corrected chi connectivity index (χ3v) is 8.54. The standard InChI is InChI=1S/C37H38F4N4O4/c1-22-33(21-48-37(47)44-19-23-5-11-26(38)12-6-23)43-20-29(49-22)17-18-30-31(41)3-2-4-32(30)45-36(46)35(42)34(24-7-13-27(39)14-8-24)25-9-15-28(40)16-10-25/h2-16,22,29,33-35,43H,17-21,42H2,1H3,(H,44,47)(H,45,46)/t22-,29-,33-,35+/m1/s1. The summed E-state index contributed by atoms with van der Waals surface area (Å²) in [7, 11) is 0. The maximum absolute atomic E-state index is 15.1. The van der Waals surface area contributed by atoms with Gasteiger partial charge in [0.05, 0.1) is 24.3 Å². The zero-order valence-electron chi connectivity index (χ0n) is 26.8. The average molecular weight is 679 g/mol. The summed E-state index contributed by atoms with van der Waals surface area (Å²) in [5.74, 6) is -3.11. The highest BCUT2D eigenvalue weighted by Gasteiger charge is 2.31. The number of benzene rings is 4. The Morgan fingerprint density at radius 2 is 1.49 bits per heavy atom. The molecule has 258 valence electrons. The lowest BCUT2D eigenvalue weighted by atomic mass is 9.85. The van der Waals surface area contributed by atoms with Crippen LogP contribution in [0.5, 0.6) is 0 Å². The lowest BCUT2D eigenvalue weighted by Crippen LogP contribution is -2.54. The van der Waals surface area contributed by atoms with Crippen LogP contribution in [0.3, 0.4) is 0 Å². The number of amides is 2. The van der Waals surface area contributed by atoms with E-state index in [0.29, 0.717) is 24.1 Å². The molecule has 0 aliphatic carbocycles. The predicted octanol–water partition coefficient (Wildman–Crippen LogP) is 5.95. The third-order valence-electron chi connectivity index (χ3n) is 8.54. The molecule has 0 bridgehead atoms. The van der Waals surface area contributed by atoms with Gasteiger partial charge in [0, 0.05) is 30.3 Å². The van der Waals surface area contributed by atoms with Crippen LogP contribution in [-0.4, -0.2) is 49.4 Å². The molecule has 1 saturated heterocycles. The van der Waals surface area contributed by atoms with Crippen molar-refractivity contribution >= 4 is 17.7 Å². The van der Waals surface area contributed by atoms with Crippen LogP contribution in [0.4, 0.5) is 28.0 Å². The molecule has 5 N–H and O–H groups in total. The summed E-state index contributed by atoms with van der Waals surface area (Å²) in [6.45, 7) is 2.52. The Bertz CT molecular complexity index is 1660. The molecular formula is C37H38F4N4O4. The van der Waals surface area contributed by atoms with Gasteiger partial charge in [-0.05, 0) is 85.0 Å². The highest BCUT2D eigenvalue weighted by atomic mass is 19.1. The van der Waals surface area contributed by atoms with E-state index >= 15 is 4.39 Å². The lowest BCUT2D eigenvalue weighted by Gasteiger charge is -2.35. The van der Waals surface area contributed by atoms with E-state index in [4.69, 9.17) is 15.2 Å². The van der Waals surface area contributed by atoms with Gasteiger partial charge in [0.2, 0.25) is 5.91 Å². The average Bonchev–Trinajstić information content (AvgIpc) is 3.09. The summed E-state index contributed by atoms with van der Waals surface area (Å²) in [6.07, 6.45) is -0.562. The maximum Gasteiger partial charge on any atom is 0.407 e. The van der Waals surface area contributed by atoms with E-state index in [9.17, 15) is 22.8 Å². The fourth-order valence-electron chi connectivity index (χ4n) is 5.80. The van der Waals surface area contributed by atoms with Crippen LogP contribution in [-0.2, 0) is 27.2 Å². The number of carbonyl (C=O) groups is 2. The summed E-state index contributed by atoms with van der Waals surface area (Å²) in [6, 6.07) is 19.8. The first-order valence-corrected chi connectivity index (χ1v) is 16.0. The largest absolute Gasteiger partial charge is 0.448 e. The maximum atomic E-state index is 15.1. The fraction of sp³-hybridized carbons (Fsp3) is 0.297. The lowest BCUT2D eigenvalue weighted by molar-refractivity contribution is -0.117. The van der Waals surface area contributed by atoms with Crippen molar-refractivity contribution in [3.63, 3.8) is 0 Å². The molecule has 12 heteroatoms. The number of rotatable bonds is 12. The molecule has 4 atom stereocenters. The normalized spacial score (nSPS) is 18.1. The van der Waals surface area contributed by atoms with E-state index in [1.165, 1.54) is 72.8 Å². The molecule has 1 fully saturated rings. The molecule has 0 saturated carbocycles. The molecule has 8 nitrogen and oxygen atoms in total. The monoisotopic (exact) mass is 678 g/mol. The molecule has 4 aromatic carbocycles. The van der Waals surface area contributed by atoms with E-state index in [1.807, 2.05) is 6.92 Å². The third kappa shape index (κ3) is 9.65. The molecule has 5 rings (SSSR count). The zero-order valence-corrected chi connectivity index (χ0v) is 26.8. The predicted molar refractivity (Wildman–Crippen MR) is 177 cm³/mol. The van der Waals surface area contributed by atoms with E-state index in [1.54, 1.807) is 18.2 Å². The molecule has 0 spiro atoms. The van der Waals surface area contributed by atoms with Crippen molar-refractivity contribution in [1.82, 2.24) is 10.6 Å². The number of anilines is 1. The summed E-state index contributed by atoms with van der Waals surface area (Å²) < 4.78 is 67.1. The summed E-state index contributed by atoms with van der Waals surface area (Å²) in [5, 5.41) is 8.71. The van der Waals surface area contributed by atoms with Crippen LogP contribution < -0.4 is 21.7 Å². The van der Waals surface area contributed by atoms with Crippen LogP contribution in [0.25, 0.3) is 0 Å². The van der Waals surface area contributed by atoms with Crippen LogP contribution in [0.2, 0.25) is 0 Å². The molecule has 4 aromatic rings. The number of carbonyl (C=O) groups excluding carboxylic acids is 2. The van der Waals surface area contributed by atoms with Crippen molar-refractivity contribution in [2.75, 3.05) is 18.5 Å². The summed E-state index contributed by atoms with van der Waals surface area (Å²) in [5.41, 5.74) is 8.86. The van der Waals surface area contributed by atoms with Gasteiger partial charge < -0.3 is 31.2 Å². The van der Waals surface area contributed by atoms with Crippen molar-refractivity contribution in [2.45, 2.75) is 56.5 Å². The van der Waals surface area contributed by atoms with Crippen LogP contribution in [0, 0.1) is 23.3 Å². The van der Waals surface area contributed by atoms with E-state index < -0.39 is 41.4 Å². The Labute approximate surface area is 282 Å². The highest BCUT2D eigenvalue weighted by molar-refractivity contribution is 5.96. The zero-order chi connectivity index (χ0) is 34.9. The molecule has 1 heterocycles. The van der Waals surface area contributed by atoms with E-state index in [0.717, 1.165) is 5.56 Å². The Balaban J connectivity index is 1.16. The van der Waals surface area contributed by atoms with Crippen molar-refractivity contribution in [2.24, 2.45) is 5.73 Å². The first kappa shape index (κ1) is 35.5. The second kappa shape index (κ2) is 16.6. The number of halogens is 4. The van der Waals surface area contributed by atoms with Gasteiger partial charge >= 0.3 is 6.09 Å². The summed E-state index contributed by atoms with van der Waals surface area (Å²) in [4.78, 5) is 25.7. The Morgan fingerprint density at radius 3 is 2.08 bits per heavy atom. The van der Waals surface area contributed by atoms with Crippen molar-refractivity contribution in [3.05, 3.63) is 137 Å². The van der Waals surface area contributed by atoms with Gasteiger partial charge in [-0.3, -0.25) is 4.79 Å². The van der Waals surface area contributed by atoms with Gasteiger partial charge in [-0.1, -0.05) is 42.5 Å². The molecule has 0 radical (unpaired) electrons. The number of morpholine rings is 1. The highest BCUT2D eigenvalue weighted by Crippen LogP contribution is 2.30. The Hall–Kier alpha value is -4.78. The summed E-state index contributed by atoms with van der Waals surface area (Å²) >= 11 is 0. The number of hydrogen-bond acceptors (Lipinski definition) is 6. The Morgan fingerprint density at radius 1 is 0.898 bits per heavy atom. The number of alkyl carbamates (subject to hydrolysis) is 1. The van der Waals surface area contributed by atoms with Crippen molar-refractivity contribution < 1.29 is 36.6 Å². The van der Waals surface area contributed by atoms with Crippen molar-refractivity contribution in [3.8, 4) is 0 Å². The Kier molecular flexibility index (Phi) is 12.0. The van der Waals surface area contributed by atoms with Gasteiger partial charge in [-0.2, -0.15) is 0 Å². The molecule has 1 aliphatic heterocycles. The van der Waals surface area contributed by atoms with Gasteiger partial charge in [0.15, 0.2) is 0 Å². The first-order chi connectivity index (χ1) is 23.6.